The molecule has 26 heavy (non-hydrogen) atoms. The number of amides is 1. The lowest BCUT2D eigenvalue weighted by Gasteiger charge is -2.23. The van der Waals surface area contributed by atoms with Crippen LogP contribution in [0, 0.1) is 11.3 Å². The number of hydrogen-bond acceptors (Lipinski definition) is 3. The van der Waals surface area contributed by atoms with Gasteiger partial charge in [-0.1, -0.05) is 29.6 Å². The van der Waals surface area contributed by atoms with E-state index in [0.29, 0.717) is 28.7 Å². The molecule has 2 heterocycles. The highest BCUT2D eigenvalue weighted by Crippen LogP contribution is 2.49. The molecule has 1 aromatic carbocycles. The van der Waals surface area contributed by atoms with Crippen LogP contribution >= 0.6 is 23.2 Å². The van der Waals surface area contributed by atoms with Crippen molar-refractivity contribution in [2.75, 3.05) is 13.1 Å². The zero-order valence-corrected chi connectivity index (χ0v) is 15.4. The van der Waals surface area contributed by atoms with Crippen LogP contribution in [0.4, 0.5) is 0 Å². The number of hydrogen-bond donors (Lipinski definition) is 1. The Morgan fingerprint density at radius 1 is 1.23 bits per heavy atom. The maximum absolute atomic E-state index is 12.8. The summed E-state index contributed by atoms with van der Waals surface area (Å²) in [6.07, 6.45) is 4.07. The molecule has 1 N–H and O–H groups in total. The third kappa shape index (κ3) is 2.68. The highest BCUT2D eigenvalue weighted by Gasteiger charge is 2.55. The molecular weight excluding hydrogens is 377 g/mol. The molecule has 2 fully saturated rings. The minimum Gasteiger partial charge on any atom is -0.481 e. The number of nitrogens with zero attached hydrogens (tertiary/aromatic N) is 3. The molecule has 0 unspecified atom stereocenters. The number of carboxylic acid groups (broad SMARTS) is 1. The fourth-order valence-corrected chi connectivity index (χ4v) is 4.46. The molecule has 1 amide bonds. The van der Waals surface area contributed by atoms with E-state index >= 15 is 0 Å². The van der Waals surface area contributed by atoms with E-state index in [9.17, 15) is 14.7 Å². The normalized spacial score (nSPS) is 24.7. The average molecular weight is 394 g/mol. The summed E-state index contributed by atoms with van der Waals surface area (Å²) in [5.74, 6) is -1.00. The summed E-state index contributed by atoms with van der Waals surface area (Å²) in [6, 6.07) is 6.73. The van der Waals surface area contributed by atoms with Crippen LogP contribution in [0.5, 0.6) is 0 Å². The van der Waals surface area contributed by atoms with Gasteiger partial charge in [0.25, 0.3) is 5.91 Å². The SMILES string of the molecule is O=C(c1ccn(-c2ccc(Cl)c(Cl)c2)n1)N1C[C@@H]2CCC[C@@]2(C(=O)O)C1. The lowest BCUT2D eigenvalue weighted by Crippen LogP contribution is -2.37. The van der Waals surface area contributed by atoms with Crippen molar-refractivity contribution in [2.45, 2.75) is 19.3 Å². The van der Waals surface area contributed by atoms with Crippen LogP contribution in [0.15, 0.2) is 30.5 Å². The second kappa shape index (κ2) is 6.28. The standard InChI is InChI=1S/C18H17Cl2N3O3/c19-13-4-3-12(8-14(13)20)23-7-5-15(21-23)16(24)22-9-11-2-1-6-18(11,10-22)17(25)26/h3-5,7-8,11H,1-2,6,9-10H2,(H,25,26)/t11-,18+/m0/s1. The second-order valence-corrected chi connectivity index (χ2v) is 7.79. The summed E-state index contributed by atoms with van der Waals surface area (Å²) in [5, 5.41) is 14.8. The van der Waals surface area contributed by atoms with E-state index in [1.165, 1.54) is 0 Å². The number of fused-ring (bicyclic) bond motifs is 1. The molecule has 1 aliphatic heterocycles. The summed E-state index contributed by atoms with van der Waals surface area (Å²) in [6.45, 7) is 0.732. The second-order valence-electron chi connectivity index (χ2n) is 6.98. The van der Waals surface area contributed by atoms with E-state index in [1.807, 2.05) is 0 Å². The van der Waals surface area contributed by atoms with E-state index in [4.69, 9.17) is 23.2 Å². The minimum atomic E-state index is -0.795. The number of aromatic nitrogens is 2. The van der Waals surface area contributed by atoms with Gasteiger partial charge in [0, 0.05) is 19.3 Å². The lowest BCUT2D eigenvalue weighted by atomic mass is 9.81. The first-order valence-corrected chi connectivity index (χ1v) is 9.20. The summed E-state index contributed by atoms with van der Waals surface area (Å²) in [5.41, 5.74) is 0.192. The van der Waals surface area contributed by atoms with Gasteiger partial charge in [-0.3, -0.25) is 9.59 Å². The number of benzene rings is 1. The Labute approximate surface area is 160 Å². The number of carboxylic acids is 1. The van der Waals surface area contributed by atoms with Crippen molar-refractivity contribution in [3.8, 4) is 5.69 Å². The van der Waals surface area contributed by atoms with Crippen molar-refractivity contribution >= 4 is 35.1 Å². The Morgan fingerprint density at radius 3 is 2.73 bits per heavy atom. The smallest absolute Gasteiger partial charge is 0.311 e. The molecule has 1 saturated carbocycles. The van der Waals surface area contributed by atoms with Crippen molar-refractivity contribution in [3.05, 3.63) is 46.2 Å². The largest absolute Gasteiger partial charge is 0.481 e. The topological polar surface area (TPSA) is 75.4 Å². The van der Waals surface area contributed by atoms with Gasteiger partial charge in [0.1, 0.15) is 0 Å². The van der Waals surface area contributed by atoms with Crippen LogP contribution in [-0.4, -0.2) is 44.8 Å². The number of rotatable bonds is 3. The molecule has 0 radical (unpaired) electrons. The number of likely N-dealkylation sites (tertiary alicyclic amines) is 1. The molecule has 2 atom stereocenters. The predicted octanol–water partition coefficient (Wildman–Crippen LogP) is 3.51. The van der Waals surface area contributed by atoms with Gasteiger partial charge < -0.3 is 10.0 Å². The van der Waals surface area contributed by atoms with Gasteiger partial charge in [-0.05, 0) is 43.0 Å². The molecule has 6 nitrogen and oxygen atoms in total. The molecule has 2 aromatic rings. The van der Waals surface area contributed by atoms with Crippen LogP contribution in [-0.2, 0) is 4.79 Å². The Morgan fingerprint density at radius 2 is 2.04 bits per heavy atom. The molecule has 4 rings (SSSR count). The molecule has 1 saturated heterocycles. The summed E-state index contributed by atoms with van der Waals surface area (Å²) >= 11 is 12.0. The monoisotopic (exact) mass is 393 g/mol. The quantitative estimate of drug-likeness (QED) is 0.865. The number of carbonyl (C=O) groups is 2. The first-order valence-electron chi connectivity index (χ1n) is 8.44. The number of aliphatic carboxylic acids is 1. The van der Waals surface area contributed by atoms with Crippen molar-refractivity contribution in [2.24, 2.45) is 11.3 Å². The van der Waals surface area contributed by atoms with Crippen LogP contribution in [0.2, 0.25) is 10.0 Å². The first-order chi connectivity index (χ1) is 12.4. The third-order valence-corrected chi connectivity index (χ3v) is 6.30. The highest BCUT2D eigenvalue weighted by molar-refractivity contribution is 6.42. The third-order valence-electron chi connectivity index (χ3n) is 5.56. The van der Waals surface area contributed by atoms with Crippen LogP contribution in [0.1, 0.15) is 29.8 Å². The van der Waals surface area contributed by atoms with E-state index in [0.717, 1.165) is 12.8 Å². The fourth-order valence-electron chi connectivity index (χ4n) is 4.16. The lowest BCUT2D eigenvalue weighted by molar-refractivity contribution is -0.149. The van der Waals surface area contributed by atoms with Gasteiger partial charge in [-0.25, -0.2) is 4.68 Å². The van der Waals surface area contributed by atoms with Gasteiger partial charge in [-0.15, -0.1) is 0 Å². The Balaban J connectivity index is 1.56. The van der Waals surface area contributed by atoms with Crippen molar-refractivity contribution in [3.63, 3.8) is 0 Å². The van der Waals surface area contributed by atoms with E-state index in [1.54, 1.807) is 40.0 Å². The van der Waals surface area contributed by atoms with Gasteiger partial charge in [0.2, 0.25) is 0 Å². The Kier molecular flexibility index (Phi) is 4.20. The van der Waals surface area contributed by atoms with E-state index < -0.39 is 11.4 Å². The molecular formula is C18H17Cl2N3O3. The number of halogens is 2. The zero-order chi connectivity index (χ0) is 18.5. The summed E-state index contributed by atoms with van der Waals surface area (Å²) < 4.78 is 1.55. The zero-order valence-electron chi connectivity index (χ0n) is 13.9. The average Bonchev–Trinajstić information content (AvgIpc) is 3.30. The molecule has 0 spiro atoms. The fraction of sp³-hybridized carbons (Fsp3) is 0.389. The highest BCUT2D eigenvalue weighted by atomic mass is 35.5. The van der Waals surface area contributed by atoms with Crippen molar-refractivity contribution in [1.82, 2.24) is 14.7 Å². The maximum Gasteiger partial charge on any atom is 0.311 e. The van der Waals surface area contributed by atoms with Crippen molar-refractivity contribution < 1.29 is 14.7 Å². The summed E-state index contributed by atoms with van der Waals surface area (Å²) in [7, 11) is 0. The predicted molar refractivity (Wildman–Crippen MR) is 96.9 cm³/mol. The van der Waals surface area contributed by atoms with Crippen LogP contribution in [0.3, 0.4) is 0 Å². The first kappa shape index (κ1) is 17.4. The molecule has 8 heteroatoms. The van der Waals surface area contributed by atoms with Crippen LogP contribution in [0.25, 0.3) is 5.69 Å². The van der Waals surface area contributed by atoms with Crippen LogP contribution < -0.4 is 0 Å². The molecule has 2 aliphatic rings. The maximum atomic E-state index is 12.8. The molecule has 136 valence electrons. The molecule has 0 bridgehead atoms. The molecule has 1 aromatic heterocycles. The van der Waals surface area contributed by atoms with E-state index in [-0.39, 0.29) is 24.1 Å². The van der Waals surface area contributed by atoms with Crippen molar-refractivity contribution in [1.29, 1.82) is 0 Å². The minimum absolute atomic E-state index is 0.0288. The van der Waals surface area contributed by atoms with Gasteiger partial charge in [0.05, 0.1) is 21.1 Å². The van der Waals surface area contributed by atoms with Gasteiger partial charge >= 0.3 is 5.97 Å². The number of carbonyl (C=O) groups excluding carboxylic acids is 1. The Bertz CT molecular complexity index is 898. The van der Waals surface area contributed by atoms with Gasteiger partial charge in [-0.2, -0.15) is 5.10 Å². The van der Waals surface area contributed by atoms with Gasteiger partial charge in [0.15, 0.2) is 5.69 Å². The molecule has 1 aliphatic carbocycles. The summed E-state index contributed by atoms with van der Waals surface area (Å²) in [4.78, 5) is 26.2. The Hall–Kier alpha value is -2.05. The van der Waals surface area contributed by atoms with E-state index in [2.05, 4.69) is 5.10 Å².